The number of hydrogen-bond donors (Lipinski definition) is 0. The minimum Gasteiger partial charge on any atom is -0.511 e. The quantitative estimate of drug-likeness (QED) is 0.207. The topological polar surface area (TPSA) is 64.5 Å². The molecule has 6 heterocycles. The van der Waals surface area contributed by atoms with E-state index in [4.69, 9.17) is 0 Å². The van der Waals surface area contributed by atoms with E-state index in [9.17, 15) is 0 Å². The monoisotopic (exact) mass is 699 g/mol. The van der Waals surface area contributed by atoms with E-state index in [0.717, 1.165) is 35.9 Å². The summed E-state index contributed by atoms with van der Waals surface area (Å²) in [6.45, 7) is 5.76. The largest absolute Gasteiger partial charge is 3.00 e. The third-order valence-electron chi connectivity index (χ3n) is 5.88. The second-order valence-electron chi connectivity index (χ2n) is 9.04. The van der Waals surface area contributed by atoms with Gasteiger partial charge in [0.05, 0.1) is 22.8 Å². The Morgan fingerprint density at radius 1 is 0.538 bits per heavy atom. The molecular formula is C30H30AuN8+. The zero-order chi connectivity index (χ0) is 26.2. The molecule has 0 amide bonds. The van der Waals surface area contributed by atoms with Crippen molar-refractivity contribution in [3.63, 3.8) is 0 Å². The second-order valence-corrected chi connectivity index (χ2v) is 9.04. The maximum Gasteiger partial charge on any atom is 3.00 e. The van der Waals surface area contributed by atoms with Crippen molar-refractivity contribution in [1.82, 2.24) is 39.5 Å². The minimum atomic E-state index is 0. The minimum absolute atomic E-state index is 0. The average Bonchev–Trinajstić information content (AvgIpc) is 3.57. The molecule has 39 heavy (non-hydrogen) atoms. The predicted molar refractivity (Wildman–Crippen MR) is 148 cm³/mol. The molecule has 4 aromatic heterocycles. The molecule has 6 rings (SSSR count). The van der Waals surface area contributed by atoms with Gasteiger partial charge < -0.3 is 19.6 Å². The summed E-state index contributed by atoms with van der Waals surface area (Å²) < 4.78 is 0. The molecule has 9 heteroatoms. The zero-order valence-electron chi connectivity index (χ0n) is 21.8. The van der Waals surface area contributed by atoms with Crippen molar-refractivity contribution < 1.29 is 22.4 Å². The van der Waals surface area contributed by atoms with Gasteiger partial charge in [0.2, 0.25) is 0 Å². The maximum atomic E-state index is 4.47. The van der Waals surface area contributed by atoms with Crippen LogP contribution in [0.4, 0.5) is 0 Å². The molecule has 0 radical (unpaired) electrons. The van der Waals surface area contributed by atoms with Crippen molar-refractivity contribution in [2.45, 2.75) is 13.1 Å². The van der Waals surface area contributed by atoms with Gasteiger partial charge in [-0.3, -0.25) is 19.9 Å². The number of aromatic nitrogens is 4. The van der Waals surface area contributed by atoms with Crippen molar-refractivity contribution in [2.24, 2.45) is 0 Å². The van der Waals surface area contributed by atoms with Crippen molar-refractivity contribution in [3.8, 4) is 22.8 Å². The van der Waals surface area contributed by atoms with Crippen LogP contribution in [-0.2, 0) is 35.5 Å². The fourth-order valence-corrected chi connectivity index (χ4v) is 3.98. The van der Waals surface area contributed by atoms with Gasteiger partial charge in [0.1, 0.15) is 0 Å². The summed E-state index contributed by atoms with van der Waals surface area (Å²) in [5.74, 6) is 0. The molecule has 4 aromatic rings. The zero-order valence-corrected chi connectivity index (χ0v) is 24.0. The number of rotatable bonds is 6. The van der Waals surface area contributed by atoms with E-state index in [1.54, 1.807) is 12.4 Å². The molecule has 0 atom stereocenters. The van der Waals surface area contributed by atoms with Crippen LogP contribution in [0.5, 0.6) is 0 Å². The van der Waals surface area contributed by atoms with Crippen molar-refractivity contribution >= 4 is 0 Å². The predicted octanol–water partition coefficient (Wildman–Crippen LogP) is 4.96. The van der Waals surface area contributed by atoms with E-state index in [0.29, 0.717) is 0 Å². The molecule has 0 aromatic carbocycles. The van der Waals surface area contributed by atoms with Crippen LogP contribution >= 0.6 is 0 Å². The van der Waals surface area contributed by atoms with Crippen molar-refractivity contribution in [2.75, 3.05) is 14.1 Å². The molecule has 0 aliphatic carbocycles. The van der Waals surface area contributed by atoms with Gasteiger partial charge in [-0.25, -0.2) is 0 Å². The van der Waals surface area contributed by atoms with Crippen LogP contribution in [-0.4, -0.2) is 53.6 Å². The normalized spacial score (nSPS) is 13.8. The van der Waals surface area contributed by atoms with Crippen LogP contribution in [0.1, 0.15) is 11.1 Å². The summed E-state index contributed by atoms with van der Waals surface area (Å²) in [6.07, 6.45) is 15.5. The summed E-state index contributed by atoms with van der Waals surface area (Å²) in [5.41, 5.74) is 5.97. The Kier molecular flexibility index (Phi) is 9.85. The Hall–Kier alpha value is -3.98. The van der Waals surface area contributed by atoms with Gasteiger partial charge in [0.25, 0.3) is 0 Å². The Morgan fingerprint density at radius 2 is 0.974 bits per heavy atom. The van der Waals surface area contributed by atoms with E-state index in [-0.39, 0.29) is 22.4 Å². The average molecular weight is 700 g/mol. The van der Waals surface area contributed by atoms with E-state index in [1.165, 1.54) is 11.1 Å². The van der Waals surface area contributed by atoms with Crippen molar-refractivity contribution in [1.29, 1.82) is 0 Å². The van der Waals surface area contributed by atoms with Crippen LogP contribution in [0.25, 0.3) is 22.8 Å². The third-order valence-corrected chi connectivity index (χ3v) is 5.88. The van der Waals surface area contributed by atoms with Gasteiger partial charge >= 0.3 is 22.4 Å². The Labute approximate surface area is 245 Å². The molecule has 2 aliphatic heterocycles. The fourth-order valence-electron chi connectivity index (χ4n) is 3.98. The Balaban J connectivity index is 0.000000176. The van der Waals surface area contributed by atoms with Gasteiger partial charge in [-0.1, -0.05) is 24.3 Å². The third kappa shape index (κ3) is 8.00. The Morgan fingerprint density at radius 3 is 1.28 bits per heavy atom. The first kappa shape index (κ1) is 28.0. The van der Waals surface area contributed by atoms with Gasteiger partial charge in [0, 0.05) is 37.9 Å². The van der Waals surface area contributed by atoms with Gasteiger partial charge in [-0.15, -0.1) is 0 Å². The maximum absolute atomic E-state index is 4.47. The molecular weight excluding hydrogens is 669 g/mol. The first-order valence-corrected chi connectivity index (χ1v) is 12.4. The van der Waals surface area contributed by atoms with E-state index in [2.05, 4.69) is 41.9 Å². The van der Waals surface area contributed by atoms with Crippen LogP contribution in [0, 0.1) is 13.3 Å². The summed E-state index contributed by atoms with van der Waals surface area (Å²) >= 11 is 0. The molecule has 2 aliphatic rings. The van der Waals surface area contributed by atoms with E-state index < -0.39 is 0 Å². The molecule has 0 fully saturated rings. The Bertz CT molecular complexity index is 1240. The van der Waals surface area contributed by atoms with Gasteiger partial charge in [-0.2, -0.15) is 13.3 Å². The summed E-state index contributed by atoms with van der Waals surface area (Å²) in [7, 11) is 4.03. The SMILES string of the molecule is CN1C=CN(Cc2ccc(-c3ccccn3)nc2)[CH-]1.CN1C=CN(Cc2ccc(-c3ccccn3)nc2)[CH-]1.[Au+3]. The van der Waals surface area contributed by atoms with Crippen LogP contribution in [0.3, 0.4) is 0 Å². The summed E-state index contributed by atoms with van der Waals surface area (Å²) in [6, 6.07) is 19.9. The number of pyridine rings is 4. The fraction of sp³-hybridized carbons (Fsp3) is 0.133. The summed E-state index contributed by atoms with van der Waals surface area (Å²) in [5, 5.41) is 0. The molecule has 0 N–H and O–H groups in total. The molecule has 0 saturated carbocycles. The van der Waals surface area contributed by atoms with Crippen LogP contribution in [0.15, 0.2) is 110 Å². The molecule has 8 nitrogen and oxygen atoms in total. The molecule has 0 spiro atoms. The summed E-state index contributed by atoms with van der Waals surface area (Å²) in [4.78, 5) is 25.8. The standard InChI is InChI=1S/2C15H15N4.Au/c2*1-18-8-9-19(12-18)11-13-5-6-15(17-10-13)14-4-2-3-7-16-14;/h2*2-10,12H,11H2,1H3;/q2*-1;+3. The second kappa shape index (κ2) is 13.7. The first-order valence-electron chi connectivity index (χ1n) is 12.4. The number of hydrogen-bond acceptors (Lipinski definition) is 8. The molecule has 0 saturated heterocycles. The van der Waals surface area contributed by atoms with E-state index >= 15 is 0 Å². The molecule has 200 valence electrons. The molecule has 0 bridgehead atoms. The van der Waals surface area contributed by atoms with Crippen LogP contribution in [0.2, 0.25) is 0 Å². The van der Waals surface area contributed by atoms with E-state index in [1.807, 2.05) is 123 Å². The smallest absolute Gasteiger partial charge is 0.511 e. The van der Waals surface area contributed by atoms with Crippen molar-refractivity contribution in [3.05, 3.63) is 135 Å². The molecule has 0 unspecified atom stereocenters. The first-order chi connectivity index (χ1) is 18.6. The van der Waals surface area contributed by atoms with Gasteiger partial charge in [0.15, 0.2) is 0 Å². The van der Waals surface area contributed by atoms with Gasteiger partial charge in [-0.05, 0) is 86.4 Å². The van der Waals surface area contributed by atoms with Crippen LogP contribution < -0.4 is 0 Å². The number of nitrogens with zero attached hydrogens (tertiary/aromatic N) is 8.